The topological polar surface area (TPSA) is 17.8 Å². The average Bonchev–Trinajstić information content (AvgIpc) is 3.15. The van der Waals surface area contributed by atoms with Crippen molar-refractivity contribution in [1.82, 2.24) is 9.55 Å². The summed E-state index contributed by atoms with van der Waals surface area (Å²) in [6.45, 7) is 3.36. The highest BCUT2D eigenvalue weighted by atomic mass is 32.2. The summed E-state index contributed by atoms with van der Waals surface area (Å²) in [5, 5.41) is 0.675. The molecule has 1 aromatic carbocycles. The molecule has 0 spiro atoms. The molecule has 2 nitrogen and oxygen atoms in total. The number of hydrogen-bond donors (Lipinski definition) is 0. The molecule has 0 aliphatic rings. The Hall–Kier alpha value is -1.22. The van der Waals surface area contributed by atoms with Gasteiger partial charge in [-0.15, -0.1) is 0 Å². The zero-order valence-corrected chi connectivity index (χ0v) is 16.6. The van der Waals surface area contributed by atoms with Gasteiger partial charge >= 0.3 is 0 Å². The van der Waals surface area contributed by atoms with Crippen LogP contribution in [-0.2, 0) is 13.0 Å². The molecule has 138 valence electrons. The van der Waals surface area contributed by atoms with Gasteiger partial charge in [0.2, 0.25) is 0 Å². The lowest BCUT2D eigenvalue weighted by atomic mass is 10.1. The summed E-state index contributed by atoms with van der Waals surface area (Å²) in [4.78, 5) is 4.19. The number of thioether (sulfide) groups is 1. The third kappa shape index (κ3) is 9.15. The smallest absolute Gasteiger partial charge is 0.0946 e. The maximum atomic E-state index is 4.19. The largest absolute Gasteiger partial charge is 0.336 e. The second kappa shape index (κ2) is 13.0. The van der Waals surface area contributed by atoms with E-state index in [2.05, 4.69) is 64.8 Å². The van der Waals surface area contributed by atoms with Crippen molar-refractivity contribution in [2.24, 2.45) is 0 Å². The van der Waals surface area contributed by atoms with Crippen molar-refractivity contribution >= 4 is 11.8 Å². The number of aromatic nitrogens is 2. The second-order valence-corrected chi connectivity index (χ2v) is 8.31. The Labute approximate surface area is 158 Å². The van der Waals surface area contributed by atoms with Crippen LogP contribution in [0.1, 0.15) is 63.9 Å². The van der Waals surface area contributed by atoms with Gasteiger partial charge in [0.15, 0.2) is 0 Å². The normalized spacial score (nSPS) is 12.4. The highest BCUT2D eigenvalue weighted by Crippen LogP contribution is 2.21. The molecule has 25 heavy (non-hydrogen) atoms. The Bertz CT molecular complexity index is 524. The Balaban J connectivity index is 1.67. The van der Waals surface area contributed by atoms with Gasteiger partial charge in [-0.3, -0.25) is 0 Å². The van der Waals surface area contributed by atoms with Gasteiger partial charge in [0.1, 0.15) is 0 Å². The van der Waals surface area contributed by atoms with Crippen LogP contribution in [-0.4, -0.2) is 20.6 Å². The molecule has 3 heteroatoms. The fourth-order valence-corrected chi connectivity index (χ4v) is 4.40. The Morgan fingerprint density at radius 1 is 1.00 bits per heavy atom. The maximum absolute atomic E-state index is 4.19. The summed E-state index contributed by atoms with van der Waals surface area (Å²) in [5.74, 6) is 1.29. The van der Waals surface area contributed by atoms with E-state index in [1.165, 1.54) is 69.1 Å². The van der Waals surface area contributed by atoms with Crippen LogP contribution in [0.2, 0.25) is 0 Å². The fraction of sp³-hybridized carbons (Fsp3) is 0.591. The Morgan fingerprint density at radius 2 is 1.76 bits per heavy atom. The summed E-state index contributed by atoms with van der Waals surface area (Å²) in [6.07, 6.45) is 18.1. The summed E-state index contributed by atoms with van der Waals surface area (Å²) in [5.41, 5.74) is 1.45. The van der Waals surface area contributed by atoms with Crippen molar-refractivity contribution in [3.05, 3.63) is 54.6 Å². The van der Waals surface area contributed by atoms with Crippen LogP contribution in [0.4, 0.5) is 0 Å². The summed E-state index contributed by atoms with van der Waals surface area (Å²) < 4.78 is 2.23. The number of benzene rings is 1. The zero-order valence-electron chi connectivity index (χ0n) is 15.8. The lowest BCUT2D eigenvalue weighted by Crippen LogP contribution is -2.14. The van der Waals surface area contributed by atoms with Crippen molar-refractivity contribution in [3.8, 4) is 0 Å². The molecular formula is C22H34N2S. The van der Waals surface area contributed by atoms with Gasteiger partial charge in [0.05, 0.1) is 6.33 Å². The van der Waals surface area contributed by atoms with E-state index < -0.39 is 0 Å². The van der Waals surface area contributed by atoms with Gasteiger partial charge < -0.3 is 4.57 Å². The number of unbranched alkanes of at least 4 members (excludes halogenated alkanes) is 6. The molecule has 0 aliphatic carbocycles. The molecule has 2 aromatic rings. The third-order valence-corrected chi connectivity index (χ3v) is 6.05. The minimum Gasteiger partial charge on any atom is -0.336 e. The molecule has 0 saturated heterocycles. The van der Waals surface area contributed by atoms with Crippen LogP contribution in [0, 0.1) is 0 Å². The van der Waals surface area contributed by atoms with Crippen molar-refractivity contribution in [2.75, 3.05) is 5.75 Å². The van der Waals surface area contributed by atoms with Gasteiger partial charge in [0, 0.05) is 24.2 Å². The van der Waals surface area contributed by atoms with E-state index in [9.17, 15) is 0 Å². The van der Waals surface area contributed by atoms with E-state index in [0.717, 1.165) is 6.54 Å². The van der Waals surface area contributed by atoms with Crippen molar-refractivity contribution < 1.29 is 0 Å². The highest BCUT2D eigenvalue weighted by Gasteiger charge is 2.10. The highest BCUT2D eigenvalue weighted by molar-refractivity contribution is 7.99. The first-order chi connectivity index (χ1) is 12.4. The van der Waals surface area contributed by atoms with E-state index in [1.54, 1.807) is 0 Å². The van der Waals surface area contributed by atoms with Gasteiger partial charge in [-0.1, -0.05) is 75.8 Å². The summed E-state index contributed by atoms with van der Waals surface area (Å²) in [7, 11) is 0. The van der Waals surface area contributed by atoms with Gasteiger partial charge in [0.25, 0.3) is 0 Å². The SMILES string of the molecule is CCCCCCCCCSC(CCc1ccccc1)Cn1ccnc1. The molecule has 1 atom stereocenters. The first kappa shape index (κ1) is 20.1. The molecular weight excluding hydrogens is 324 g/mol. The van der Waals surface area contributed by atoms with Crippen LogP contribution in [0.15, 0.2) is 49.1 Å². The lowest BCUT2D eigenvalue weighted by Gasteiger charge is -2.17. The monoisotopic (exact) mass is 358 g/mol. The molecule has 0 radical (unpaired) electrons. The predicted octanol–water partition coefficient (Wildman–Crippen LogP) is 6.37. The Kier molecular flexibility index (Phi) is 10.5. The number of imidazole rings is 1. The molecule has 1 aromatic heterocycles. The standard InChI is InChI=1S/C22H34N2S/c1-2-3-4-5-6-7-11-18-25-22(19-24-17-16-23-20-24)15-14-21-12-9-8-10-13-21/h8-10,12-13,16-17,20,22H,2-7,11,14-15,18-19H2,1H3. The van der Waals surface area contributed by atoms with Crippen LogP contribution in [0.3, 0.4) is 0 Å². The van der Waals surface area contributed by atoms with Gasteiger partial charge in [-0.25, -0.2) is 4.98 Å². The van der Waals surface area contributed by atoms with Crippen LogP contribution in [0.25, 0.3) is 0 Å². The van der Waals surface area contributed by atoms with E-state index in [-0.39, 0.29) is 0 Å². The second-order valence-electron chi connectivity index (χ2n) is 6.90. The lowest BCUT2D eigenvalue weighted by molar-refractivity contribution is 0.601. The first-order valence-corrected chi connectivity index (χ1v) is 11.0. The van der Waals surface area contributed by atoms with Crippen molar-refractivity contribution in [3.63, 3.8) is 0 Å². The third-order valence-electron chi connectivity index (χ3n) is 4.67. The quantitative estimate of drug-likeness (QED) is 0.365. The number of nitrogens with zero attached hydrogens (tertiary/aromatic N) is 2. The van der Waals surface area contributed by atoms with Gasteiger partial charge in [-0.05, 0) is 30.6 Å². The van der Waals surface area contributed by atoms with E-state index in [1.807, 2.05) is 12.5 Å². The molecule has 0 bridgehead atoms. The zero-order chi connectivity index (χ0) is 17.6. The summed E-state index contributed by atoms with van der Waals surface area (Å²) in [6, 6.07) is 10.9. The molecule has 0 fully saturated rings. The van der Waals surface area contributed by atoms with E-state index in [4.69, 9.17) is 0 Å². The summed E-state index contributed by atoms with van der Waals surface area (Å²) >= 11 is 2.16. The average molecular weight is 359 g/mol. The van der Waals surface area contributed by atoms with Gasteiger partial charge in [-0.2, -0.15) is 11.8 Å². The number of rotatable bonds is 14. The van der Waals surface area contributed by atoms with Crippen LogP contribution in [0.5, 0.6) is 0 Å². The number of hydrogen-bond acceptors (Lipinski definition) is 2. The number of aryl methyl sites for hydroxylation is 1. The molecule has 0 N–H and O–H groups in total. The molecule has 0 aliphatic heterocycles. The van der Waals surface area contributed by atoms with Crippen LogP contribution < -0.4 is 0 Å². The van der Waals surface area contributed by atoms with Crippen LogP contribution >= 0.6 is 11.8 Å². The predicted molar refractivity (Wildman–Crippen MR) is 111 cm³/mol. The molecule has 1 unspecified atom stereocenters. The van der Waals surface area contributed by atoms with E-state index in [0.29, 0.717) is 5.25 Å². The first-order valence-electron chi connectivity index (χ1n) is 9.99. The fourth-order valence-electron chi connectivity index (χ4n) is 3.14. The van der Waals surface area contributed by atoms with Crippen molar-refractivity contribution in [1.29, 1.82) is 0 Å². The molecule has 1 heterocycles. The van der Waals surface area contributed by atoms with E-state index >= 15 is 0 Å². The molecule has 0 saturated carbocycles. The minimum absolute atomic E-state index is 0.675. The molecule has 0 amide bonds. The van der Waals surface area contributed by atoms with Crippen molar-refractivity contribution in [2.45, 2.75) is 76.5 Å². The molecule has 2 rings (SSSR count). The maximum Gasteiger partial charge on any atom is 0.0946 e. The Morgan fingerprint density at radius 3 is 2.48 bits per heavy atom. The minimum atomic E-state index is 0.675.